The monoisotopic (exact) mass is 277 g/mol. The minimum absolute atomic E-state index is 0.127. The van der Waals surface area contributed by atoms with Crippen molar-refractivity contribution in [2.24, 2.45) is 0 Å². The summed E-state index contributed by atoms with van der Waals surface area (Å²) in [5.41, 5.74) is 2.10. The fourth-order valence-electron chi connectivity index (χ4n) is 1.85. The van der Waals surface area contributed by atoms with Gasteiger partial charge in [0, 0.05) is 11.9 Å². The summed E-state index contributed by atoms with van der Waals surface area (Å²) in [5.74, 6) is -0.745. The Morgan fingerprint density at radius 2 is 2.05 bits per heavy atom. The summed E-state index contributed by atoms with van der Waals surface area (Å²) in [7, 11) is 1.70. The largest absolute Gasteiger partial charge is 0.336 e. The maximum absolute atomic E-state index is 13.8. The second-order valence-electron chi connectivity index (χ2n) is 4.67. The highest BCUT2D eigenvalue weighted by Gasteiger charge is 2.17. The number of amides is 1. The standard InChI is InChI=1S/C15H16FNOS/c1-10-4-5-12(13(16)8-10)15(18)17(3)9-14-11(2)6-7-19-14/h4-8H,9H2,1-3H3. The molecule has 4 heteroatoms. The van der Waals surface area contributed by atoms with Crippen LogP contribution >= 0.6 is 11.3 Å². The van der Waals surface area contributed by atoms with Gasteiger partial charge in [-0.15, -0.1) is 11.3 Å². The second kappa shape index (κ2) is 5.53. The number of hydrogen-bond donors (Lipinski definition) is 0. The van der Waals surface area contributed by atoms with Crippen LogP contribution in [0.1, 0.15) is 26.4 Å². The summed E-state index contributed by atoms with van der Waals surface area (Å²) in [6, 6.07) is 6.70. The second-order valence-corrected chi connectivity index (χ2v) is 5.67. The third-order valence-corrected chi connectivity index (χ3v) is 4.06. The fourth-order valence-corrected chi connectivity index (χ4v) is 2.81. The lowest BCUT2D eigenvalue weighted by molar-refractivity contribution is 0.0781. The van der Waals surface area contributed by atoms with Crippen molar-refractivity contribution in [1.29, 1.82) is 0 Å². The Labute approximate surface area is 116 Å². The van der Waals surface area contributed by atoms with Gasteiger partial charge in [-0.2, -0.15) is 0 Å². The molecule has 0 saturated heterocycles. The molecule has 0 aliphatic carbocycles. The Hall–Kier alpha value is -1.68. The van der Waals surface area contributed by atoms with Crippen molar-refractivity contribution in [3.05, 3.63) is 57.0 Å². The molecule has 0 aliphatic heterocycles. The number of nitrogens with zero attached hydrogens (tertiary/aromatic N) is 1. The van der Waals surface area contributed by atoms with E-state index < -0.39 is 5.82 Å². The molecule has 100 valence electrons. The number of carbonyl (C=O) groups excluding carboxylic acids is 1. The summed E-state index contributed by atoms with van der Waals surface area (Å²) in [6.45, 7) is 4.32. The van der Waals surface area contributed by atoms with Gasteiger partial charge in [-0.3, -0.25) is 4.79 Å². The number of hydrogen-bond acceptors (Lipinski definition) is 2. The van der Waals surface area contributed by atoms with E-state index in [2.05, 4.69) is 0 Å². The van der Waals surface area contributed by atoms with Crippen molar-refractivity contribution in [3.8, 4) is 0 Å². The Bertz CT molecular complexity index is 606. The maximum atomic E-state index is 13.8. The zero-order chi connectivity index (χ0) is 14.0. The molecule has 1 amide bonds. The van der Waals surface area contributed by atoms with Gasteiger partial charge in [0.05, 0.1) is 12.1 Å². The molecule has 0 aliphatic rings. The van der Waals surface area contributed by atoms with Gasteiger partial charge in [0.25, 0.3) is 5.91 Å². The third-order valence-electron chi connectivity index (χ3n) is 3.05. The Kier molecular flexibility index (Phi) is 4.00. The molecule has 0 spiro atoms. The number of aryl methyl sites for hydroxylation is 2. The number of rotatable bonds is 3. The SMILES string of the molecule is Cc1ccc(C(=O)N(C)Cc2sccc2C)c(F)c1. The molecule has 1 aromatic carbocycles. The molecule has 1 aromatic heterocycles. The van der Waals surface area contributed by atoms with Crippen molar-refractivity contribution in [3.63, 3.8) is 0 Å². The van der Waals surface area contributed by atoms with Crippen molar-refractivity contribution in [2.45, 2.75) is 20.4 Å². The average molecular weight is 277 g/mol. The summed E-state index contributed by atoms with van der Waals surface area (Å²) in [4.78, 5) is 14.9. The molecule has 2 nitrogen and oxygen atoms in total. The van der Waals surface area contributed by atoms with Gasteiger partial charge in [-0.05, 0) is 48.6 Å². The first-order valence-electron chi connectivity index (χ1n) is 6.03. The lowest BCUT2D eigenvalue weighted by Crippen LogP contribution is -2.27. The highest BCUT2D eigenvalue weighted by Crippen LogP contribution is 2.19. The molecule has 0 unspecified atom stereocenters. The van der Waals surface area contributed by atoms with Gasteiger partial charge in [0.15, 0.2) is 0 Å². The topological polar surface area (TPSA) is 20.3 Å². The highest BCUT2D eigenvalue weighted by molar-refractivity contribution is 7.10. The molecular weight excluding hydrogens is 261 g/mol. The lowest BCUT2D eigenvalue weighted by Gasteiger charge is -2.17. The van der Waals surface area contributed by atoms with Crippen molar-refractivity contribution >= 4 is 17.2 Å². The maximum Gasteiger partial charge on any atom is 0.256 e. The van der Waals surface area contributed by atoms with Gasteiger partial charge >= 0.3 is 0 Å². The van der Waals surface area contributed by atoms with Crippen LogP contribution in [0.25, 0.3) is 0 Å². The Morgan fingerprint density at radius 1 is 1.32 bits per heavy atom. The minimum Gasteiger partial charge on any atom is -0.336 e. The molecule has 2 aromatic rings. The number of benzene rings is 1. The van der Waals surface area contributed by atoms with E-state index in [1.807, 2.05) is 18.4 Å². The summed E-state index contributed by atoms with van der Waals surface area (Å²) < 4.78 is 13.8. The van der Waals surface area contributed by atoms with Crippen LogP contribution in [0, 0.1) is 19.7 Å². The van der Waals surface area contributed by atoms with Crippen LogP contribution in [-0.4, -0.2) is 17.9 Å². The van der Waals surface area contributed by atoms with Crippen LogP contribution in [0.3, 0.4) is 0 Å². The zero-order valence-corrected chi connectivity index (χ0v) is 12.1. The number of thiophene rings is 1. The zero-order valence-electron chi connectivity index (χ0n) is 11.2. The number of halogens is 1. The fraction of sp³-hybridized carbons (Fsp3) is 0.267. The molecule has 0 bridgehead atoms. The normalized spacial score (nSPS) is 10.5. The molecule has 19 heavy (non-hydrogen) atoms. The average Bonchev–Trinajstić information content (AvgIpc) is 2.74. The first-order chi connectivity index (χ1) is 8.99. The molecule has 2 rings (SSSR count). The van der Waals surface area contributed by atoms with Crippen LogP contribution in [0.5, 0.6) is 0 Å². The predicted octanol–water partition coefficient (Wildman–Crippen LogP) is 3.78. The molecular formula is C15H16FNOS. The molecule has 0 atom stereocenters. The van der Waals surface area contributed by atoms with Gasteiger partial charge in [0.2, 0.25) is 0 Å². The van der Waals surface area contributed by atoms with Crippen molar-refractivity contribution in [2.75, 3.05) is 7.05 Å². The molecule has 0 saturated carbocycles. The van der Waals surface area contributed by atoms with E-state index in [4.69, 9.17) is 0 Å². The lowest BCUT2D eigenvalue weighted by atomic mass is 10.1. The van der Waals surface area contributed by atoms with Crippen LogP contribution in [0.4, 0.5) is 4.39 Å². The molecule has 0 radical (unpaired) electrons. The van der Waals surface area contributed by atoms with E-state index in [9.17, 15) is 9.18 Å². The van der Waals surface area contributed by atoms with E-state index in [-0.39, 0.29) is 11.5 Å². The van der Waals surface area contributed by atoms with Crippen LogP contribution < -0.4 is 0 Å². The molecule has 0 fully saturated rings. The van der Waals surface area contributed by atoms with Crippen LogP contribution in [0.2, 0.25) is 0 Å². The van der Waals surface area contributed by atoms with E-state index in [0.717, 1.165) is 16.0 Å². The number of carbonyl (C=O) groups is 1. The van der Waals surface area contributed by atoms with Gasteiger partial charge in [-0.1, -0.05) is 6.07 Å². The summed E-state index contributed by atoms with van der Waals surface area (Å²) in [5, 5.41) is 2.00. The molecule has 0 N–H and O–H groups in total. The van der Waals surface area contributed by atoms with E-state index >= 15 is 0 Å². The first-order valence-corrected chi connectivity index (χ1v) is 6.91. The summed E-state index contributed by atoms with van der Waals surface area (Å²) >= 11 is 1.61. The quantitative estimate of drug-likeness (QED) is 0.836. The first kappa shape index (κ1) is 13.7. The van der Waals surface area contributed by atoms with E-state index in [1.165, 1.54) is 6.07 Å². The highest BCUT2D eigenvalue weighted by atomic mass is 32.1. The van der Waals surface area contributed by atoms with E-state index in [1.54, 1.807) is 42.3 Å². The Balaban J connectivity index is 2.17. The van der Waals surface area contributed by atoms with Crippen LogP contribution in [-0.2, 0) is 6.54 Å². The van der Waals surface area contributed by atoms with Gasteiger partial charge in [-0.25, -0.2) is 4.39 Å². The minimum atomic E-state index is -0.459. The van der Waals surface area contributed by atoms with Crippen LogP contribution in [0.15, 0.2) is 29.6 Å². The predicted molar refractivity (Wildman–Crippen MR) is 76.0 cm³/mol. The summed E-state index contributed by atoms with van der Waals surface area (Å²) in [6.07, 6.45) is 0. The Morgan fingerprint density at radius 3 is 2.63 bits per heavy atom. The van der Waals surface area contributed by atoms with Crippen molar-refractivity contribution < 1.29 is 9.18 Å². The van der Waals surface area contributed by atoms with Gasteiger partial charge in [0.1, 0.15) is 5.82 Å². The molecule has 1 heterocycles. The third kappa shape index (κ3) is 3.01. The van der Waals surface area contributed by atoms with Crippen molar-refractivity contribution in [1.82, 2.24) is 4.90 Å². The van der Waals surface area contributed by atoms with Gasteiger partial charge < -0.3 is 4.90 Å². The van der Waals surface area contributed by atoms with E-state index in [0.29, 0.717) is 6.54 Å². The smallest absolute Gasteiger partial charge is 0.256 e.